The highest BCUT2D eigenvalue weighted by Gasteiger charge is 2.15. The van der Waals surface area contributed by atoms with Gasteiger partial charge in [0.05, 0.1) is 4.92 Å². The Morgan fingerprint density at radius 3 is 2.77 bits per heavy atom. The Morgan fingerprint density at radius 2 is 2.14 bits per heavy atom. The van der Waals surface area contributed by atoms with E-state index in [1.807, 2.05) is 13.1 Å². The highest BCUT2D eigenvalue weighted by Crippen LogP contribution is 2.22. The average molecular weight is 316 g/mol. The summed E-state index contributed by atoms with van der Waals surface area (Å²) in [4.78, 5) is 28.6. The monoisotopic (exact) mass is 316 g/mol. The molecule has 7 nitrogen and oxygen atoms in total. The Labute approximate surface area is 129 Å². The van der Waals surface area contributed by atoms with Crippen molar-refractivity contribution in [2.24, 2.45) is 0 Å². The molecule has 0 aliphatic carbocycles. The Bertz CT molecular complexity index is 865. The standard InChI is InChI=1S/C14H12N4O3S/c1-8-5-10(3-4-12(8)18(20)21)15-13(19)11-7-17-6-9(2)22-14(17)16-11/h3-7H,1-2H3,(H,15,19). The van der Waals surface area contributed by atoms with Crippen LogP contribution in [0.25, 0.3) is 4.96 Å². The summed E-state index contributed by atoms with van der Waals surface area (Å²) in [5.41, 5.74) is 1.32. The Hall–Kier alpha value is -2.74. The lowest BCUT2D eigenvalue weighted by Crippen LogP contribution is -2.12. The van der Waals surface area contributed by atoms with Crippen LogP contribution in [0.5, 0.6) is 0 Å². The van der Waals surface area contributed by atoms with Gasteiger partial charge in [-0.05, 0) is 26.0 Å². The first-order valence-corrected chi connectivity index (χ1v) is 7.27. The number of nitro groups is 1. The molecule has 0 saturated carbocycles. The fraction of sp³-hybridized carbons (Fsp3) is 0.143. The predicted octanol–water partition coefficient (Wildman–Crippen LogP) is 3.17. The number of imidazole rings is 1. The summed E-state index contributed by atoms with van der Waals surface area (Å²) in [6.07, 6.45) is 3.56. The minimum Gasteiger partial charge on any atom is -0.321 e. The topological polar surface area (TPSA) is 89.5 Å². The van der Waals surface area contributed by atoms with Crippen LogP contribution in [0.1, 0.15) is 20.9 Å². The minimum atomic E-state index is -0.452. The molecule has 0 radical (unpaired) electrons. The summed E-state index contributed by atoms with van der Waals surface area (Å²) >= 11 is 1.50. The third-order valence-electron chi connectivity index (χ3n) is 3.16. The maximum atomic E-state index is 12.2. The molecule has 1 amide bonds. The van der Waals surface area contributed by atoms with Gasteiger partial charge < -0.3 is 5.32 Å². The van der Waals surface area contributed by atoms with Crippen LogP contribution in [0.15, 0.2) is 30.6 Å². The number of carbonyl (C=O) groups excluding carboxylic acids is 1. The van der Waals surface area contributed by atoms with Crippen LogP contribution in [0, 0.1) is 24.0 Å². The molecule has 0 atom stereocenters. The number of anilines is 1. The molecular formula is C14H12N4O3S. The van der Waals surface area contributed by atoms with Gasteiger partial charge in [0, 0.05) is 34.6 Å². The van der Waals surface area contributed by atoms with Crippen LogP contribution in [-0.2, 0) is 0 Å². The summed E-state index contributed by atoms with van der Waals surface area (Å²) in [5, 5.41) is 13.5. The van der Waals surface area contributed by atoms with Gasteiger partial charge >= 0.3 is 0 Å². The molecule has 0 spiro atoms. The van der Waals surface area contributed by atoms with Crippen molar-refractivity contribution in [3.63, 3.8) is 0 Å². The number of rotatable bonds is 3. The number of fused-ring (bicyclic) bond motifs is 1. The summed E-state index contributed by atoms with van der Waals surface area (Å²) in [6, 6.07) is 4.45. The number of carbonyl (C=O) groups is 1. The molecule has 0 saturated heterocycles. The maximum absolute atomic E-state index is 12.2. The van der Waals surface area contributed by atoms with Gasteiger partial charge in [0.15, 0.2) is 4.96 Å². The van der Waals surface area contributed by atoms with E-state index in [-0.39, 0.29) is 11.6 Å². The summed E-state index contributed by atoms with van der Waals surface area (Å²) in [7, 11) is 0. The first kappa shape index (κ1) is 14.2. The normalized spacial score (nSPS) is 10.8. The van der Waals surface area contributed by atoms with Gasteiger partial charge in [-0.15, -0.1) is 11.3 Å². The third kappa shape index (κ3) is 2.56. The van der Waals surface area contributed by atoms with Crippen LogP contribution in [-0.4, -0.2) is 20.2 Å². The van der Waals surface area contributed by atoms with E-state index in [0.717, 1.165) is 9.84 Å². The lowest BCUT2D eigenvalue weighted by atomic mass is 10.2. The fourth-order valence-corrected chi connectivity index (χ4v) is 2.96. The molecule has 1 aromatic carbocycles. The number of nitrogens with one attached hydrogen (secondary N) is 1. The number of nitro benzene ring substituents is 1. The van der Waals surface area contributed by atoms with Gasteiger partial charge in [-0.1, -0.05) is 0 Å². The lowest BCUT2D eigenvalue weighted by molar-refractivity contribution is -0.385. The van der Waals surface area contributed by atoms with E-state index >= 15 is 0 Å². The molecule has 0 aliphatic heterocycles. The molecule has 8 heteroatoms. The van der Waals surface area contributed by atoms with E-state index in [1.165, 1.54) is 23.5 Å². The summed E-state index contributed by atoms with van der Waals surface area (Å²) < 4.78 is 1.80. The zero-order chi connectivity index (χ0) is 15.9. The zero-order valence-corrected chi connectivity index (χ0v) is 12.7. The summed E-state index contributed by atoms with van der Waals surface area (Å²) in [6.45, 7) is 3.60. The van der Waals surface area contributed by atoms with Crippen molar-refractivity contribution < 1.29 is 9.72 Å². The number of aryl methyl sites for hydroxylation is 2. The minimum absolute atomic E-state index is 0.0241. The Balaban J connectivity index is 1.82. The van der Waals surface area contributed by atoms with Crippen molar-refractivity contribution >= 4 is 33.6 Å². The molecule has 3 aromatic rings. The second-order valence-electron chi connectivity index (χ2n) is 4.87. The number of benzene rings is 1. The molecule has 2 aromatic heterocycles. The van der Waals surface area contributed by atoms with E-state index in [0.29, 0.717) is 16.9 Å². The average Bonchev–Trinajstić information content (AvgIpc) is 2.95. The molecule has 0 fully saturated rings. The molecule has 0 bridgehead atoms. The van der Waals surface area contributed by atoms with Crippen molar-refractivity contribution in [2.75, 3.05) is 5.32 Å². The molecule has 0 unspecified atom stereocenters. The Kier molecular flexibility index (Phi) is 3.38. The third-order valence-corrected chi connectivity index (χ3v) is 4.07. The van der Waals surface area contributed by atoms with Crippen LogP contribution < -0.4 is 5.32 Å². The first-order valence-electron chi connectivity index (χ1n) is 6.45. The quantitative estimate of drug-likeness (QED) is 0.593. The lowest BCUT2D eigenvalue weighted by Gasteiger charge is -2.04. The largest absolute Gasteiger partial charge is 0.321 e. The highest BCUT2D eigenvalue weighted by atomic mass is 32.1. The van der Waals surface area contributed by atoms with E-state index in [2.05, 4.69) is 10.3 Å². The highest BCUT2D eigenvalue weighted by molar-refractivity contribution is 7.17. The van der Waals surface area contributed by atoms with Crippen LogP contribution in [0.4, 0.5) is 11.4 Å². The number of hydrogen-bond donors (Lipinski definition) is 1. The number of aromatic nitrogens is 2. The molecule has 112 valence electrons. The van der Waals surface area contributed by atoms with Crippen molar-refractivity contribution in [3.05, 3.63) is 56.8 Å². The van der Waals surface area contributed by atoms with E-state index in [9.17, 15) is 14.9 Å². The van der Waals surface area contributed by atoms with Gasteiger partial charge in [0.1, 0.15) is 5.69 Å². The number of hydrogen-bond acceptors (Lipinski definition) is 5. The molecule has 3 rings (SSSR count). The van der Waals surface area contributed by atoms with Gasteiger partial charge in [0.25, 0.3) is 11.6 Å². The van der Waals surface area contributed by atoms with Crippen molar-refractivity contribution in [3.8, 4) is 0 Å². The van der Waals surface area contributed by atoms with Crippen LogP contribution in [0.3, 0.4) is 0 Å². The van der Waals surface area contributed by atoms with E-state index in [4.69, 9.17) is 0 Å². The van der Waals surface area contributed by atoms with E-state index in [1.54, 1.807) is 23.6 Å². The molecule has 22 heavy (non-hydrogen) atoms. The smallest absolute Gasteiger partial charge is 0.275 e. The molecule has 0 aliphatic rings. The first-order chi connectivity index (χ1) is 10.4. The van der Waals surface area contributed by atoms with Crippen LogP contribution in [0.2, 0.25) is 0 Å². The molecular weight excluding hydrogens is 304 g/mol. The van der Waals surface area contributed by atoms with E-state index < -0.39 is 4.92 Å². The van der Waals surface area contributed by atoms with Gasteiger partial charge in [-0.2, -0.15) is 0 Å². The van der Waals surface area contributed by atoms with Gasteiger partial charge in [0.2, 0.25) is 0 Å². The molecule has 2 heterocycles. The van der Waals surface area contributed by atoms with Crippen molar-refractivity contribution in [1.82, 2.24) is 9.38 Å². The number of amides is 1. The number of nitrogens with zero attached hydrogens (tertiary/aromatic N) is 3. The van der Waals surface area contributed by atoms with Crippen molar-refractivity contribution in [2.45, 2.75) is 13.8 Å². The molecule has 1 N–H and O–H groups in total. The fourth-order valence-electron chi connectivity index (χ4n) is 2.15. The van der Waals surface area contributed by atoms with Crippen LogP contribution >= 0.6 is 11.3 Å². The van der Waals surface area contributed by atoms with Crippen molar-refractivity contribution in [1.29, 1.82) is 0 Å². The zero-order valence-electron chi connectivity index (χ0n) is 11.9. The maximum Gasteiger partial charge on any atom is 0.275 e. The SMILES string of the molecule is Cc1cn2cc(C(=O)Nc3ccc([N+](=O)[O-])c(C)c3)nc2s1. The van der Waals surface area contributed by atoms with Gasteiger partial charge in [-0.25, -0.2) is 4.98 Å². The predicted molar refractivity (Wildman–Crippen MR) is 83.6 cm³/mol. The van der Waals surface area contributed by atoms with Gasteiger partial charge in [-0.3, -0.25) is 19.3 Å². The second kappa shape index (κ2) is 5.23. The Morgan fingerprint density at radius 1 is 1.36 bits per heavy atom. The number of thiazole rings is 1. The second-order valence-corrected chi connectivity index (χ2v) is 6.08. The summed E-state index contributed by atoms with van der Waals surface area (Å²) in [5.74, 6) is -0.346.